The van der Waals surface area contributed by atoms with Gasteiger partial charge in [0.05, 0.1) is 37.4 Å². The van der Waals surface area contributed by atoms with Crippen molar-refractivity contribution in [3.8, 4) is 0 Å². The Morgan fingerprint density at radius 2 is 1.21 bits per heavy atom. The van der Waals surface area contributed by atoms with Crippen molar-refractivity contribution in [2.75, 3.05) is 19.8 Å². The number of aliphatic hydroxyl groups is 12. The summed E-state index contributed by atoms with van der Waals surface area (Å²) in [6, 6.07) is 0. The lowest BCUT2D eigenvalue weighted by atomic mass is 9.33. The molecule has 4 saturated carbocycles. The molecule has 384 valence electrons. The summed E-state index contributed by atoms with van der Waals surface area (Å²) < 4.78 is 35.1. The van der Waals surface area contributed by atoms with Crippen LogP contribution in [0.25, 0.3) is 0 Å². The first-order valence-corrected chi connectivity index (χ1v) is 24.4. The highest BCUT2D eigenvalue weighted by Gasteiger charge is 2.70. The number of aliphatic hydroxyl groups excluding tert-OH is 12. The molecule has 19 heteroatoms. The molecule has 0 amide bonds. The molecule has 24 atom stereocenters. The lowest BCUT2D eigenvalue weighted by Crippen LogP contribution is -2.67. The van der Waals surface area contributed by atoms with Crippen molar-refractivity contribution in [3.05, 3.63) is 11.6 Å². The number of rotatable bonds is 9. The van der Waals surface area contributed by atoms with Crippen LogP contribution in [-0.4, -0.2) is 191 Å². The van der Waals surface area contributed by atoms with Gasteiger partial charge in [0.1, 0.15) is 67.1 Å². The first kappa shape index (κ1) is 51.9. The van der Waals surface area contributed by atoms with Gasteiger partial charge in [-0.25, -0.2) is 0 Å². The standard InChI is InChI=1S/C48H78O19/c1-43(2)12-14-48(15-13-46(6)21(22(48)16-43)8-9-28-45(5)17-23(51)38(60)44(3,4)27(45)10-11-47(28,46)7)42(61)67-41-37(34(57)30(53)25(19-50)64-41)66-40-36(59)33(56)31(54)26(65-40)20-62-39-35(58)32(55)29(52)24(18-49)63-39/h8,22-41,49-60H,9-20H2,1-7H3. The zero-order valence-corrected chi connectivity index (χ0v) is 39.8. The first-order valence-electron chi connectivity index (χ1n) is 24.4. The molecule has 12 N–H and O–H groups in total. The highest BCUT2D eigenvalue weighted by Crippen LogP contribution is 2.76. The van der Waals surface area contributed by atoms with E-state index in [2.05, 4.69) is 54.5 Å². The summed E-state index contributed by atoms with van der Waals surface area (Å²) in [5.41, 5.74) is -1.22. The largest absolute Gasteiger partial charge is 0.432 e. The van der Waals surface area contributed by atoms with E-state index >= 15 is 4.79 Å². The van der Waals surface area contributed by atoms with Gasteiger partial charge in [0.2, 0.25) is 6.29 Å². The van der Waals surface area contributed by atoms with Gasteiger partial charge in [-0.3, -0.25) is 4.79 Å². The van der Waals surface area contributed by atoms with Crippen LogP contribution < -0.4 is 0 Å². The van der Waals surface area contributed by atoms with Crippen molar-refractivity contribution in [2.45, 2.75) is 211 Å². The van der Waals surface area contributed by atoms with Crippen LogP contribution in [0.15, 0.2) is 11.6 Å². The Kier molecular flexibility index (Phi) is 14.1. The molecular formula is C48H78O19. The fourth-order valence-electron chi connectivity index (χ4n) is 15.0. The molecule has 0 radical (unpaired) electrons. The Labute approximate surface area is 392 Å². The number of hydrogen-bond acceptors (Lipinski definition) is 19. The van der Waals surface area contributed by atoms with Crippen LogP contribution in [0.2, 0.25) is 0 Å². The molecule has 24 unspecified atom stereocenters. The lowest BCUT2D eigenvalue weighted by molar-refractivity contribution is -0.369. The van der Waals surface area contributed by atoms with E-state index < -0.39 is 141 Å². The summed E-state index contributed by atoms with van der Waals surface area (Å²) >= 11 is 0. The lowest BCUT2D eigenvalue weighted by Gasteiger charge is -2.71. The van der Waals surface area contributed by atoms with Gasteiger partial charge in [-0.1, -0.05) is 60.1 Å². The molecule has 0 bridgehead atoms. The van der Waals surface area contributed by atoms with Crippen LogP contribution in [0.5, 0.6) is 0 Å². The van der Waals surface area contributed by atoms with E-state index in [-0.39, 0.29) is 39.4 Å². The Hall–Kier alpha value is -1.47. The number of esters is 1. The first-order chi connectivity index (χ1) is 31.2. The van der Waals surface area contributed by atoms with Crippen LogP contribution in [-0.2, 0) is 33.2 Å². The zero-order valence-electron chi connectivity index (χ0n) is 39.8. The highest BCUT2D eigenvalue weighted by atomic mass is 16.8. The molecule has 0 spiro atoms. The third kappa shape index (κ3) is 8.19. The third-order valence-electron chi connectivity index (χ3n) is 19.3. The molecule has 0 aromatic rings. The molecule has 8 aliphatic rings. The molecule has 5 aliphatic carbocycles. The van der Waals surface area contributed by atoms with Crippen molar-refractivity contribution in [3.63, 3.8) is 0 Å². The van der Waals surface area contributed by atoms with Crippen LogP contribution >= 0.6 is 0 Å². The smallest absolute Gasteiger partial charge is 0.315 e. The molecule has 0 aromatic heterocycles. The van der Waals surface area contributed by atoms with Gasteiger partial charge in [0.25, 0.3) is 0 Å². The maximum Gasteiger partial charge on any atom is 0.315 e. The minimum atomic E-state index is -1.98. The van der Waals surface area contributed by atoms with Crippen molar-refractivity contribution in [1.82, 2.24) is 0 Å². The summed E-state index contributed by atoms with van der Waals surface area (Å²) in [7, 11) is 0. The normalized spacial score (nSPS) is 53.8. The maximum atomic E-state index is 15.2. The van der Waals surface area contributed by atoms with E-state index in [1.807, 2.05) is 0 Å². The van der Waals surface area contributed by atoms with E-state index in [1.54, 1.807) is 0 Å². The van der Waals surface area contributed by atoms with E-state index in [4.69, 9.17) is 28.4 Å². The predicted octanol–water partition coefficient (Wildman–Crippen LogP) is -0.889. The van der Waals surface area contributed by atoms with Gasteiger partial charge in [0, 0.05) is 0 Å². The average molecular weight is 959 g/mol. The van der Waals surface area contributed by atoms with Gasteiger partial charge in [-0.05, 0) is 103 Å². The van der Waals surface area contributed by atoms with Crippen LogP contribution in [0.1, 0.15) is 106 Å². The summed E-state index contributed by atoms with van der Waals surface area (Å²) in [4.78, 5) is 15.2. The summed E-state index contributed by atoms with van der Waals surface area (Å²) in [6.07, 6.45) is -19.3. The highest BCUT2D eigenvalue weighted by molar-refractivity contribution is 5.79. The van der Waals surface area contributed by atoms with Crippen molar-refractivity contribution in [2.24, 2.45) is 50.2 Å². The summed E-state index contributed by atoms with van der Waals surface area (Å²) in [5.74, 6) is -0.460. The van der Waals surface area contributed by atoms with E-state index in [1.165, 1.54) is 5.57 Å². The molecule has 8 rings (SSSR count). The number of carbonyl (C=O) groups excluding carboxylic acids is 1. The SMILES string of the molecule is CC1(C)CCC2(C(=O)OC3OC(CO)C(O)C(O)C3OC3OC(COC4OC(CO)C(O)C(O)C4O)C(O)C(O)C3O)CCC3(C)C(=CCC4C5(C)CC(O)C(O)C(C)(C)C5CCC43C)C2C1. The molecule has 3 aliphatic heterocycles. The number of carbonyl (C=O) groups is 1. The third-order valence-corrected chi connectivity index (χ3v) is 19.3. The minimum Gasteiger partial charge on any atom is -0.432 e. The monoisotopic (exact) mass is 959 g/mol. The molecular weight excluding hydrogens is 881 g/mol. The topological polar surface area (TPSA) is 315 Å². The van der Waals surface area contributed by atoms with Crippen LogP contribution in [0.4, 0.5) is 0 Å². The molecule has 19 nitrogen and oxygen atoms in total. The molecule has 3 heterocycles. The second-order valence-corrected chi connectivity index (χ2v) is 23.7. The van der Waals surface area contributed by atoms with E-state index in [9.17, 15) is 61.3 Å². The van der Waals surface area contributed by atoms with Gasteiger partial charge < -0.3 is 89.7 Å². The quantitative estimate of drug-likeness (QED) is 0.0986. The zero-order chi connectivity index (χ0) is 49.1. The number of hydrogen-bond donors (Lipinski definition) is 12. The minimum absolute atomic E-state index is 0.138. The van der Waals surface area contributed by atoms with Crippen LogP contribution in [0, 0.1) is 50.2 Å². The van der Waals surface area contributed by atoms with Gasteiger partial charge in [-0.2, -0.15) is 0 Å². The van der Waals surface area contributed by atoms with Crippen LogP contribution in [0.3, 0.4) is 0 Å². The second kappa shape index (κ2) is 18.2. The molecule has 67 heavy (non-hydrogen) atoms. The average Bonchev–Trinajstić information content (AvgIpc) is 3.27. The van der Waals surface area contributed by atoms with Gasteiger partial charge >= 0.3 is 5.97 Å². The number of allylic oxidation sites excluding steroid dienone is 2. The van der Waals surface area contributed by atoms with E-state index in [0.29, 0.717) is 38.5 Å². The predicted molar refractivity (Wildman–Crippen MR) is 232 cm³/mol. The number of fused-ring (bicyclic) bond motifs is 7. The van der Waals surface area contributed by atoms with Gasteiger partial charge in [-0.15, -0.1) is 0 Å². The Morgan fingerprint density at radius 3 is 1.85 bits per heavy atom. The van der Waals surface area contributed by atoms with Crippen molar-refractivity contribution >= 4 is 5.97 Å². The fourth-order valence-corrected chi connectivity index (χ4v) is 15.0. The second-order valence-electron chi connectivity index (χ2n) is 23.7. The Morgan fingerprint density at radius 1 is 0.642 bits per heavy atom. The molecule has 0 aromatic carbocycles. The number of ether oxygens (including phenoxy) is 6. The van der Waals surface area contributed by atoms with Crippen molar-refractivity contribution < 1.29 is 94.5 Å². The Bertz CT molecular complexity index is 1830. The van der Waals surface area contributed by atoms with Gasteiger partial charge in [0.15, 0.2) is 18.7 Å². The van der Waals surface area contributed by atoms with Crippen molar-refractivity contribution in [1.29, 1.82) is 0 Å². The Balaban J connectivity index is 1.05. The molecule has 3 saturated heterocycles. The summed E-state index contributed by atoms with van der Waals surface area (Å²) in [5, 5.41) is 129. The summed E-state index contributed by atoms with van der Waals surface area (Å²) in [6.45, 7) is 13.4. The van der Waals surface area contributed by atoms with E-state index in [0.717, 1.165) is 19.3 Å². The maximum absolute atomic E-state index is 15.2. The molecule has 7 fully saturated rings. The fraction of sp³-hybridized carbons (Fsp3) is 0.938.